The Morgan fingerprint density at radius 3 is 2.05 bits per heavy atom. The number of rotatable bonds is 10. The quantitative estimate of drug-likeness (QED) is 0.0937. The lowest BCUT2D eigenvalue weighted by atomic mass is 10.0. The van der Waals surface area contributed by atoms with Gasteiger partial charge in [0.05, 0.1) is 18.2 Å². The minimum atomic E-state index is -5.08. The first kappa shape index (κ1) is 33.7. The van der Waals surface area contributed by atoms with Crippen LogP contribution in [-0.4, -0.2) is 55.2 Å². The molecule has 10 nitrogen and oxygen atoms in total. The van der Waals surface area contributed by atoms with Gasteiger partial charge in [-0.1, -0.05) is 6.07 Å². The summed E-state index contributed by atoms with van der Waals surface area (Å²) in [7, 11) is 1.41. The van der Waals surface area contributed by atoms with Crippen LogP contribution >= 0.6 is 0 Å². The minimum Gasteiger partial charge on any atom is -0.491 e. The normalized spacial score (nSPS) is 11.9. The maximum Gasteiger partial charge on any atom is 0.490 e. The maximum absolute atomic E-state index is 13.4. The molecule has 0 fully saturated rings. The Bertz CT molecular complexity index is 1190. The number of nitrogens with one attached hydrogen (secondary N) is 3. The second-order valence-electron chi connectivity index (χ2n) is 7.90. The summed E-state index contributed by atoms with van der Waals surface area (Å²) < 4.78 is 82.0. The highest BCUT2D eigenvalue weighted by Crippen LogP contribution is 2.37. The third kappa shape index (κ3) is 11.6. The van der Waals surface area contributed by atoms with E-state index >= 15 is 0 Å². The van der Waals surface area contributed by atoms with Gasteiger partial charge in [-0.25, -0.2) is 4.79 Å². The first-order valence-corrected chi connectivity index (χ1v) is 11.1. The summed E-state index contributed by atoms with van der Waals surface area (Å²) in [5.74, 6) is -4.48. The summed E-state index contributed by atoms with van der Waals surface area (Å²) in [6.45, 7) is 1.60. The van der Waals surface area contributed by atoms with Crippen molar-refractivity contribution in [3.63, 3.8) is 0 Å². The zero-order chi connectivity index (χ0) is 30.7. The summed E-state index contributed by atoms with van der Waals surface area (Å²) >= 11 is 0. The average Bonchev–Trinajstić information content (AvgIpc) is 2.83. The molecule has 2 rings (SSSR count). The van der Waals surface area contributed by atoms with Crippen molar-refractivity contribution in [2.45, 2.75) is 31.7 Å². The summed E-state index contributed by atoms with van der Waals surface area (Å²) in [6.07, 6.45) is -10.3. The number of halogens is 6. The Kier molecular flexibility index (Phi) is 12.4. The van der Waals surface area contributed by atoms with E-state index in [1.54, 1.807) is 12.1 Å². The highest BCUT2D eigenvalue weighted by atomic mass is 19.4. The van der Waals surface area contributed by atoms with Gasteiger partial charge in [0.1, 0.15) is 24.6 Å². The minimum absolute atomic E-state index is 0.0438. The number of amides is 2. The predicted octanol–water partition coefficient (Wildman–Crippen LogP) is 3.85. The van der Waals surface area contributed by atoms with Crippen LogP contribution in [0.5, 0.6) is 5.75 Å². The van der Waals surface area contributed by atoms with Crippen LogP contribution in [0.4, 0.5) is 32.0 Å². The van der Waals surface area contributed by atoms with Crippen LogP contribution in [0, 0.1) is 5.41 Å². The molecule has 0 radical (unpaired) electrons. The van der Waals surface area contributed by atoms with E-state index in [9.17, 15) is 35.9 Å². The van der Waals surface area contributed by atoms with Crippen LogP contribution in [0.25, 0.3) is 0 Å². The standard InChI is InChI=1S/C22H25F3N4O4.C2HF3O2/c1-13(15-5-8-18(33-10-9-32-2)17(11-15)22(23,24)25)28-19(30)12-20(31)29-16-6-3-14(4-7-16)21(26)27;3-2(4,5)1(6)7/h3-8,11,13H,9-10,12H2,1-2H3,(H3,26,27)(H,28,30)(H,29,31);(H,6,7)/t13-;/m0./s1. The molecule has 16 heteroatoms. The molecule has 0 unspecified atom stereocenters. The van der Waals surface area contributed by atoms with Gasteiger partial charge in [0.25, 0.3) is 0 Å². The molecule has 0 saturated carbocycles. The van der Waals surface area contributed by atoms with Crippen LogP contribution in [0.3, 0.4) is 0 Å². The molecule has 0 spiro atoms. The summed E-state index contributed by atoms with van der Waals surface area (Å²) in [5, 5.41) is 19.5. The number of anilines is 1. The Morgan fingerprint density at radius 1 is 1.00 bits per heavy atom. The van der Waals surface area contributed by atoms with Crippen LogP contribution in [0.1, 0.15) is 36.1 Å². The second kappa shape index (κ2) is 14.7. The fourth-order valence-electron chi connectivity index (χ4n) is 2.86. The van der Waals surface area contributed by atoms with Crippen molar-refractivity contribution in [3.05, 3.63) is 59.2 Å². The van der Waals surface area contributed by atoms with Gasteiger partial charge in [0.15, 0.2) is 0 Å². The van der Waals surface area contributed by atoms with Crippen molar-refractivity contribution >= 4 is 29.3 Å². The van der Waals surface area contributed by atoms with Crippen LogP contribution in [0.2, 0.25) is 0 Å². The number of carbonyl (C=O) groups excluding carboxylic acids is 2. The number of ether oxygens (including phenoxy) is 2. The Hall–Kier alpha value is -4.34. The highest BCUT2D eigenvalue weighted by molar-refractivity contribution is 6.04. The van der Waals surface area contributed by atoms with E-state index in [0.29, 0.717) is 11.3 Å². The van der Waals surface area contributed by atoms with Gasteiger partial charge in [-0.15, -0.1) is 0 Å². The molecule has 0 aliphatic heterocycles. The molecule has 220 valence electrons. The Labute approximate surface area is 223 Å². The van der Waals surface area contributed by atoms with Gasteiger partial charge in [-0.05, 0) is 48.9 Å². The number of amidine groups is 1. The number of aliphatic carboxylic acids is 1. The van der Waals surface area contributed by atoms with Gasteiger partial charge in [-0.2, -0.15) is 26.3 Å². The highest BCUT2D eigenvalue weighted by Gasteiger charge is 2.38. The van der Waals surface area contributed by atoms with E-state index < -0.39 is 48.2 Å². The lowest BCUT2D eigenvalue weighted by Crippen LogP contribution is -2.30. The van der Waals surface area contributed by atoms with Gasteiger partial charge >= 0.3 is 18.3 Å². The molecule has 0 heterocycles. The molecular formula is C24H26F6N4O6. The van der Waals surface area contributed by atoms with E-state index in [0.717, 1.165) is 6.07 Å². The Morgan fingerprint density at radius 2 is 1.57 bits per heavy atom. The van der Waals surface area contributed by atoms with Crippen LogP contribution in [-0.2, 0) is 25.3 Å². The van der Waals surface area contributed by atoms with Crippen molar-refractivity contribution in [1.29, 1.82) is 5.41 Å². The molecule has 0 bridgehead atoms. The molecule has 2 aromatic carbocycles. The molecule has 0 aromatic heterocycles. The van der Waals surface area contributed by atoms with E-state index in [4.69, 9.17) is 30.5 Å². The van der Waals surface area contributed by atoms with Crippen molar-refractivity contribution in [3.8, 4) is 5.75 Å². The number of carboxylic acids is 1. The van der Waals surface area contributed by atoms with Crippen molar-refractivity contribution in [1.82, 2.24) is 5.32 Å². The number of alkyl halides is 6. The lowest BCUT2D eigenvalue weighted by Gasteiger charge is -2.19. The molecule has 0 aliphatic carbocycles. The zero-order valence-corrected chi connectivity index (χ0v) is 21.1. The number of carboxylic acid groups (broad SMARTS) is 1. The molecular weight excluding hydrogens is 554 g/mol. The van der Waals surface area contributed by atoms with E-state index in [-0.39, 0.29) is 30.4 Å². The SMILES string of the molecule is COCCOc1ccc([C@H](C)NC(=O)CC(=O)Nc2ccc(C(=N)N)cc2)cc1C(F)(F)F.O=C(O)C(F)(F)F. The smallest absolute Gasteiger partial charge is 0.490 e. The largest absolute Gasteiger partial charge is 0.491 e. The van der Waals surface area contributed by atoms with Gasteiger partial charge < -0.3 is 30.9 Å². The summed E-state index contributed by atoms with van der Waals surface area (Å²) in [5.41, 5.74) is 5.48. The first-order chi connectivity index (χ1) is 18.4. The first-order valence-electron chi connectivity index (χ1n) is 11.1. The molecule has 2 aromatic rings. The monoisotopic (exact) mass is 580 g/mol. The predicted molar refractivity (Wildman–Crippen MR) is 130 cm³/mol. The van der Waals surface area contributed by atoms with E-state index in [1.165, 1.54) is 38.3 Å². The topological polar surface area (TPSA) is 164 Å². The summed E-state index contributed by atoms with van der Waals surface area (Å²) in [4.78, 5) is 33.2. The summed E-state index contributed by atoms with van der Waals surface area (Å²) in [6, 6.07) is 8.88. The van der Waals surface area contributed by atoms with Gasteiger partial charge in [0, 0.05) is 18.4 Å². The molecule has 2 amide bonds. The fraction of sp³-hybridized carbons (Fsp3) is 0.333. The number of methoxy groups -OCH3 is 1. The third-order valence-electron chi connectivity index (χ3n) is 4.77. The Balaban J connectivity index is 0.00000101. The molecule has 6 N–H and O–H groups in total. The zero-order valence-electron chi connectivity index (χ0n) is 21.1. The number of carbonyl (C=O) groups is 3. The van der Waals surface area contributed by atoms with Gasteiger partial charge in [0.2, 0.25) is 11.8 Å². The lowest BCUT2D eigenvalue weighted by molar-refractivity contribution is -0.192. The van der Waals surface area contributed by atoms with Crippen molar-refractivity contribution in [2.24, 2.45) is 5.73 Å². The molecule has 0 saturated heterocycles. The third-order valence-corrected chi connectivity index (χ3v) is 4.77. The molecule has 1 atom stereocenters. The van der Waals surface area contributed by atoms with E-state index in [1.807, 2.05) is 0 Å². The second-order valence-corrected chi connectivity index (χ2v) is 7.90. The van der Waals surface area contributed by atoms with E-state index in [2.05, 4.69) is 10.6 Å². The number of nitrogens with two attached hydrogens (primary N) is 1. The molecule has 0 aliphatic rings. The fourth-order valence-corrected chi connectivity index (χ4v) is 2.86. The van der Waals surface area contributed by atoms with Gasteiger partial charge in [-0.3, -0.25) is 15.0 Å². The number of benzene rings is 2. The van der Waals surface area contributed by atoms with Crippen molar-refractivity contribution < 1.29 is 55.3 Å². The van der Waals surface area contributed by atoms with Crippen LogP contribution in [0.15, 0.2) is 42.5 Å². The number of nitrogen functional groups attached to an aromatic ring is 1. The number of hydrogen-bond acceptors (Lipinski definition) is 6. The molecule has 40 heavy (non-hydrogen) atoms. The van der Waals surface area contributed by atoms with Crippen molar-refractivity contribution in [2.75, 3.05) is 25.6 Å². The van der Waals surface area contributed by atoms with Crippen LogP contribution < -0.4 is 21.1 Å². The average molecular weight is 580 g/mol. The maximum atomic E-state index is 13.4. The number of hydrogen-bond donors (Lipinski definition) is 5.